The number of aromatic nitrogens is 3. The first-order chi connectivity index (χ1) is 18.7. The van der Waals surface area contributed by atoms with E-state index in [4.69, 9.17) is 4.98 Å². The standard InChI is InChI=1S/C32H50N6/c1-26-6-5-16-33-30(26)23-38(24-31-34-17-18-35-31)29-11-9-27(10-12-29)22-36-19-13-32(25-36)14-20-37(21-15-32)28-7-3-2-4-8-28/h5-6,16-18,27-29H,2-4,7-15,19-25H2,1H3,(H,34,35). The number of aromatic amines is 1. The number of pyridine rings is 1. The molecule has 2 aromatic heterocycles. The molecule has 2 saturated carbocycles. The third-order valence-corrected chi connectivity index (χ3v) is 10.7. The smallest absolute Gasteiger partial charge is 0.120 e. The maximum absolute atomic E-state index is 4.72. The molecule has 1 N–H and O–H groups in total. The molecular formula is C32H50N6. The van der Waals surface area contributed by atoms with Crippen molar-refractivity contribution in [3.8, 4) is 0 Å². The summed E-state index contributed by atoms with van der Waals surface area (Å²) >= 11 is 0. The quantitative estimate of drug-likeness (QED) is 0.479. The monoisotopic (exact) mass is 518 g/mol. The molecule has 4 aliphatic rings. The van der Waals surface area contributed by atoms with Crippen molar-refractivity contribution in [3.63, 3.8) is 0 Å². The largest absolute Gasteiger partial charge is 0.348 e. The average Bonchev–Trinajstić information content (AvgIpc) is 3.61. The number of nitrogens with one attached hydrogen (secondary N) is 1. The Kier molecular flexibility index (Phi) is 8.48. The van der Waals surface area contributed by atoms with E-state index in [1.807, 2.05) is 24.7 Å². The molecule has 4 fully saturated rings. The maximum Gasteiger partial charge on any atom is 0.120 e. The fourth-order valence-corrected chi connectivity index (χ4v) is 8.23. The molecular weight excluding hydrogens is 468 g/mol. The summed E-state index contributed by atoms with van der Waals surface area (Å²) in [7, 11) is 0. The van der Waals surface area contributed by atoms with E-state index in [1.54, 1.807) is 0 Å². The normalized spacial score (nSPS) is 27.4. The van der Waals surface area contributed by atoms with E-state index < -0.39 is 0 Å². The van der Waals surface area contributed by atoms with E-state index in [0.717, 1.165) is 30.9 Å². The van der Waals surface area contributed by atoms with E-state index in [1.165, 1.54) is 121 Å². The molecule has 6 nitrogen and oxygen atoms in total. The van der Waals surface area contributed by atoms with Gasteiger partial charge in [-0.1, -0.05) is 25.3 Å². The van der Waals surface area contributed by atoms with Crippen LogP contribution >= 0.6 is 0 Å². The van der Waals surface area contributed by atoms with Crippen molar-refractivity contribution in [2.24, 2.45) is 11.3 Å². The summed E-state index contributed by atoms with van der Waals surface area (Å²) in [6, 6.07) is 5.76. The molecule has 0 amide bonds. The molecule has 6 rings (SSSR count). The molecule has 6 heteroatoms. The van der Waals surface area contributed by atoms with Crippen molar-refractivity contribution in [2.75, 3.05) is 32.7 Å². The lowest BCUT2D eigenvalue weighted by atomic mass is 9.77. The van der Waals surface area contributed by atoms with E-state index in [-0.39, 0.29) is 0 Å². The Morgan fingerprint density at radius 3 is 2.45 bits per heavy atom. The van der Waals surface area contributed by atoms with Crippen LogP contribution in [-0.4, -0.2) is 74.5 Å². The van der Waals surface area contributed by atoms with Crippen LogP contribution in [0.4, 0.5) is 0 Å². The highest BCUT2D eigenvalue weighted by Crippen LogP contribution is 2.42. The van der Waals surface area contributed by atoms with Crippen molar-refractivity contribution >= 4 is 0 Å². The number of rotatable bonds is 8. The van der Waals surface area contributed by atoms with Crippen LogP contribution in [0, 0.1) is 18.3 Å². The predicted molar refractivity (Wildman–Crippen MR) is 154 cm³/mol. The minimum atomic E-state index is 0.617. The van der Waals surface area contributed by atoms with Gasteiger partial charge in [0, 0.05) is 50.3 Å². The molecule has 0 radical (unpaired) electrons. The molecule has 4 heterocycles. The molecule has 208 valence electrons. The molecule has 2 saturated heterocycles. The van der Waals surface area contributed by atoms with Gasteiger partial charge in [0.1, 0.15) is 5.82 Å². The number of piperidine rings is 1. The topological polar surface area (TPSA) is 51.3 Å². The lowest BCUT2D eigenvalue weighted by Gasteiger charge is -2.44. The third-order valence-electron chi connectivity index (χ3n) is 10.7. The van der Waals surface area contributed by atoms with Crippen LogP contribution in [0.1, 0.15) is 94.1 Å². The van der Waals surface area contributed by atoms with E-state index in [2.05, 4.69) is 37.7 Å². The molecule has 2 aliphatic heterocycles. The van der Waals surface area contributed by atoms with Crippen molar-refractivity contribution < 1.29 is 0 Å². The summed E-state index contributed by atoms with van der Waals surface area (Å²) in [4.78, 5) is 21.0. The van der Waals surface area contributed by atoms with E-state index in [0.29, 0.717) is 11.5 Å². The summed E-state index contributed by atoms with van der Waals surface area (Å²) in [5, 5.41) is 0. The zero-order valence-electron chi connectivity index (χ0n) is 23.8. The molecule has 0 atom stereocenters. The van der Waals surface area contributed by atoms with Gasteiger partial charge in [-0.2, -0.15) is 0 Å². The Balaban J connectivity index is 0.986. The van der Waals surface area contributed by atoms with Gasteiger partial charge >= 0.3 is 0 Å². The summed E-state index contributed by atoms with van der Waals surface area (Å²) in [5.74, 6) is 1.93. The molecule has 2 aliphatic carbocycles. The Bertz CT molecular complexity index is 983. The highest BCUT2D eigenvalue weighted by atomic mass is 15.2. The highest BCUT2D eigenvalue weighted by molar-refractivity contribution is 5.17. The predicted octanol–water partition coefficient (Wildman–Crippen LogP) is 5.79. The van der Waals surface area contributed by atoms with Gasteiger partial charge in [-0.15, -0.1) is 0 Å². The summed E-state index contributed by atoms with van der Waals surface area (Å²) in [6.07, 6.45) is 22.7. The van der Waals surface area contributed by atoms with Crippen molar-refractivity contribution in [2.45, 2.75) is 109 Å². The number of nitrogens with zero attached hydrogens (tertiary/aromatic N) is 5. The van der Waals surface area contributed by atoms with Crippen molar-refractivity contribution in [1.82, 2.24) is 29.7 Å². The Morgan fingerprint density at radius 1 is 0.921 bits per heavy atom. The Labute approximate surface area is 230 Å². The molecule has 38 heavy (non-hydrogen) atoms. The molecule has 0 unspecified atom stereocenters. The zero-order chi connectivity index (χ0) is 25.8. The van der Waals surface area contributed by atoms with Crippen LogP contribution in [-0.2, 0) is 13.1 Å². The number of likely N-dealkylation sites (tertiary alicyclic amines) is 2. The first kappa shape index (κ1) is 26.5. The summed E-state index contributed by atoms with van der Waals surface area (Å²) < 4.78 is 0. The van der Waals surface area contributed by atoms with Crippen LogP contribution in [0.3, 0.4) is 0 Å². The van der Waals surface area contributed by atoms with Gasteiger partial charge < -0.3 is 14.8 Å². The number of H-pyrrole nitrogens is 1. The minimum absolute atomic E-state index is 0.617. The Hall–Kier alpha value is -1.76. The maximum atomic E-state index is 4.72. The van der Waals surface area contributed by atoms with E-state index >= 15 is 0 Å². The molecule has 0 bridgehead atoms. The van der Waals surface area contributed by atoms with E-state index in [9.17, 15) is 0 Å². The lowest BCUT2D eigenvalue weighted by molar-refractivity contribution is 0.0589. The molecule has 0 aromatic carbocycles. The summed E-state index contributed by atoms with van der Waals surface area (Å²) in [6.45, 7) is 10.8. The first-order valence-electron chi connectivity index (χ1n) is 15.8. The zero-order valence-corrected chi connectivity index (χ0v) is 23.8. The Morgan fingerprint density at radius 2 is 1.71 bits per heavy atom. The average molecular weight is 519 g/mol. The van der Waals surface area contributed by atoms with Gasteiger partial charge in [-0.05, 0) is 107 Å². The van der Waals surface area contributed by atoms with Crippen LogP contribution in [0.5, 0.6) is 0 Å². The minimum Gasteiger partial charge on any atom is -0.348 e. The SMILES string of the molecule is Cc1cccnc1CN(Cc1ncc[nH]1)C1CCC(CN2CCC3(CCN(C4CCCCC4)CC3)C2)CC1. The first-order valence-corrected chi connectivity index (χ1v) is 15.8. The lowest BCUT2D eigenvalue weighted by Crippen LogP contribution is -2.47. The fourth-order valence-electron chi connectivity index (χ4n) is 8.23. The van der Waals surface area contributed by atoms with Gasteiger partial charge in [-0.3, -0.25) is 9.88 Å². The summed E-state index contributed by atoms with van der Waals surface area (Å²) in [5.41, 5.74) is 3.12. The van der Waals surface area contributed by atoms with Crippen LogP contribution in [0.25, 0.3) is 0 Å². The number of hydrogen-bond acceptors (Lipinski definition) is 5. The van der Waals surface area contributed by atoms with Crippen molar-refractivity contribution in [1.29, 1.82) is 0 Å². The van der Waals surface area contributed by atoms with Crippen LogP contribution < -0.4 is 0 Å². The second kappa shape index (κ2) is 12.2. The van der Waals surface area contributed by atoms with Crippen LogP contribution in [0.2, 0.25) is 0 Å². The van der Waals surface area contributed by atoms with Gasteiger partial charge in [0.05, 0.1) is 12.2 Å². The number of hydrogen-bond donors (Lipinski definition) is 1. The van der Waals surface area contributed by atoms with Crippen LogP contribution in [0.15, 0.2) is 30.7 Å². The van der Waals surface area contributed by atoms with Gasteiger partial charge in [-0.25, -0.2) is 4.98 Å². The third kappa shape index (κ3) is 6.34. The molecule has 2 aromatic rings. The van der Waals surface area contributed by atoms with Gasteiger partial charge in [0.25, 0.3) is 0 Å². The number of aryl methyl sites for hydroxylation is 1. The van der Waals surface area contributed by atoms with Crippen molar-refractivity contribution in [3.05, 3.63) is 47.8 Å². The van der Waals surface area contributed by atoms with Gasteiger partial charge in [0.15, 0.2) is 0 Å². The van der Waals surface area contributed by atoms with Gasteiger partial charge in [0.2, 0.25) is 0 Å². The number of imidazole rings is 1. The second-order valence-corrected chi connectivity index (χ2v) is 13.2. The fraction of sp³-hybridized carbons (Fsp3) is 0.750. The molecule has 1 spiro atoms. The highest BCUT2D eigenvalue weighted by Gasteiger charge is 2.42. The second-order valence-electron chi connectivity index (χ2n) is 13.2.